The van der Waals surface area contributed by atoms with Gasteiger partial charge in [-0.25, -0.2) is 4.79 Å². The molecule has 5 nitrogen and oxygen atoms in total. The number of nitrogens with zero attached hydrogens (tertiary/aromatic N) is 1. The highest BCUT2D eigenvalue weighted by Crippen LogP contribution is 2.11. The minimum absolute atomic E-state index is 0.233. The first-order valence-electron chi connectivity index (χ1n) is 3.24. The number of ether oxygens (including phenoxy) is 1. The number of amides is 1. The number of esters is 1. The average Bonchev–Trinajstić information content (AvgIpc) is 1.75. The summed E-state index contributed by atoms with van der Waals surface area (Å²) in [5.41, 5.74) is 0. The second-order valence-corrected chi connectivity index (χ2v) is 2.42. The van der Waals surface area contributed by atoms with E-state index in [0.29, 0.717) is 13.1 Å². The molecule has 0 spiro atoms. The van der Waals surface area contributed by atoms with Gasteiger partial charge in [0.25, 0.3) is 0 Å². The molecule has 1 aliphatic heterocycles. The lowest BCUT2D eigenvalue weighted by atomic mass is 10.2. The van der Waals surface area contributed by atoms with Crippen LogP contribution in [0.25, 0.3) is 0 Å². The Morgan fingerprint density at radius 1 is 1.55 bits per heavy atom. The van der Waals surface area contributed by atoms with Crippen LogP contribution in [0.1, 0.15) is 6.92 Å². The lowest BCUT2D eigenvalue weighted by molar-refractivity contribution is -0.153. The van der Waals surface area contributed by atoms with E-state index in [4.69, 9.17) is 9.84 Å². The van der Waals surface area contributed by atoms with Crippen LogP contribution >= 0.6 is 0 Å². The molecule has 0 atom stereocenters. The average molecular weight is 159 g/mol. The highest BCUT2D eigenvalue weighted by atomic mass is 16.5. The summed E-state index contributed by atoms with van der Waals surface area (Å²) in [6.45, 7) is 1.91. The highest BCUT2D eigenvalue weighted by molar-refractivity contribution is 5.68. The quantitative estimate of drug-likeness (QED) is 0.543. The van der Waals surface area contributed by atoms with Crippen LogP contribution in [0.5, 0.6) is 0 Å². The van der Waals surface area contributed by atoms with E-state index in [1.807, 2.05) is 0 Å². The number of rotatable bonds is 1. The molecule has 0 unspecified atom stereocenters. The summed E-state index contributed by atoms with van der Waals surface area (Å²) in [6, 6.07) is 0. The van der Waals surface area contributed by atoms with Crippen LogP contribution in [0.4, 0.5) is 4.79 Å². The Hall–Kier alpha value is -1.26. The summed E-state index contributed by atoms with van der Waals surface area (Å²) in [4.78, 5) is 21.7. The van der Waals surface area contributed by atoms with E-state index in [1.165, 1.54) is 11.8 Å². The van der Waals surface area contributed by atoms with Crippen molar-refractivity contribution in [3.8, 4) is 0 Å². The molecule has 0 aliphatic carbocycles. The summed E-state index contributed by atoms with van der Waals surface area (Å²) in [6.07, 6.45) is -1.20. The molecule has 5 heteroatoms. The summed E-state index contributed by atoms with van der Waals surface area (Å²) >= 11 is 0. The number of hydrogen-bond acceptors (Lipinski definition) is 3. The molecule has 0 aromatic rings. The van der Waals surface area contributed by atoms with Gasteiger partial charge in [-0.2, -0.15) is 0 Å². The first-order chi connectivity index (χ1) is 5.09. The van der Waals surface area contributed by atoms with Crippen LogP contribution < -0.4 is 0 Å². The third-order valence-electron chi connectivity index (χ3n) is 1.45. The topological polar surface area (TPSA) is 66.8 Å². The molecule has 1 aliphatic rings. The van der Waals surface area contributed by atoms with Gasteiger partial charge in [-0.15, -0.1) is 0 Å². The van der Waals surface area contributed by atoms with E-state index in [9.17, 15) is 9.59 Å². The molecule has 1 saturated heterocycles. The van der Waals surface area contributed by atoms with E-state index in [0.717, 1.165) is 0 Å². The van der Waals surface area contributed by atoms with Gasteiger partial charge in [0.1, 0.15) is 6.10 Å². The zero-order chi connectivity index (χ0) is 8.43. The maximum absolute atomic E-state index is 10.3. The van der Waals surface area contributed by atoms with Crippen LogP contribution in [-0.4, -0.2) is 41.3 Å². The number of carboxylic acid groups (broad SMARTS) is 1. The molecule has 0 aromatic heterocycles. The maximum atomic E-state index is 10.3. The van der Waals surface area contributed by atoms with Crippen LogP contribution in [0, 0.1) is 0 Å². The number of hydrogen-bond donors (Lipinski definition) is 1. The normalized spacial score (nSPS) is 17.4. The molecule has 0 aromatic carbocycles. The van der Waals surface area contributed by atoms with Crippen molar-refractivity contribution in [2.24, 2.45) is 0 Å². The van der Waals surface area contributed by atoms with Crippen molar-refractivity contribution < 1.29 is 19.4 Å². The summed E-state index contributed by atoms with van der Waals surface area (Å²) in [5.74, 6) is -0.361. The van der Waals surface area contributed by atoms with Crippen LogP contribution in [-0.2, 0) is 9.53 Å². The molecule has 62 valence electrons. The third kappa shape index (κ3) is 1.83. The van der Waals surface area contributed by atoms with Gasteiger partial charge in [-0.3, -0.25) is 4.79 Å². The van der Waals surface area contributed by atoms with E-state index in [2.05, 4.69) is 0 Å². The van der Waals surface area contributed by atoms with Crippen molar-refractivity contribution in [1.82, 2.24) is 4.90 Å². The zero-order valence-corrected chi connectivity index (χ0v) is 6.11. The molecule has 1 N–H and O–H groups in total. The van der Waals surface area contributed by atoms with Gasteiger partial charge in [0, 0.05) is 6.92 Å². The summed E-state index contributed by atoms with van der Waals surface area (Å²) in [5, 5.41) is 8.37. The molecule has 1 rings (SSSR count). The van der Waals surface area contributed by atoms with E-state index >= 15 is 0 Å². The molecule has 1 fully saturated rings. The molecule has 1 heterocycles. The molecule has 0 bridgehead atoms. The molecule has 0 saturated carbocycles. The van der Waals surface area contributed by atoms with Crippen molar-refractivity contribution in [2.75, 3.05) is 13.1 Å². The molecule has 1 amide bonds. The van der Waals surface area contributed by atoms with Gasteiger partial charge in [0.2, 0.25) is 0 Å². The van der Waals surface area contributed by atoms with E-state index < -0.39 is 6.09 Å². The molecule has 0 radical (unpaired) electrons. The third-order valence-corrected chi connectivity index (χ3v) is 1.45. The van der Waals surface area contributed by atoms with Gasteiger partial charge in [0.15, 0.2) is 0 Å². The van der Waals surface area contributed by atoms with E-state index in [-0.39, 0.29) is 12.1 Å². The molecular formula is C6H9NO4. The monoisotopic (exact) mass is 159 g/mol. The zero-order valence-electron chi connectivity index (χ0n) is 6.11. The summed E-state index contributed by atoms with van der Waals surface area (Å²) < 4.78 is 4.72. The van der Waals surface area contributed by atoms with Gasteiger partial charge in [-0.05, 0) is 0 Å². The second kappa shape index (κ2) is 2.77. The fourth-order valence-electron chi connectivity index (χ4n) is 0.904. The van der Waals surface area contributed by atoms with Crippen molar-refractivity contribution in [3.63, 3.8) is 0 Å². The Labute approximate surface area is 63.5 Å². The first kappa shape index (κ1) is 7.84. The van der Waals surface area contributed by atoms with Crippen molar-refractivity contribution >= 4 is 12.1 Å². The Kier molecular flexibility index (Phi) is 1.98. The predicted molar refractivity (Wildman–Crippen MR) is 35.2 cm³/mol. The highest BCUT2D eigenvalue weighted by Gasteiger charge is 2.32. The van der Waals surface area contributed by atoms with Gasteiger partial charge >= 0.3 is 12.1 Å². The number of likely N-dealkylation sites (tertiary alicyclic amines) is 1. The fraction of sp³-hybridized carbons (Fsp3) is 0.667. The van der Waals surface area contributed by atoms with Gasteiger partial charge in [0.05, 0.1) is 13.1 Å². The van der Waals surface area contributed by atoms with Crippen LogP contribution in [0.15, 0.2) is 0 Å². The first-order valence-corrected chi connectivity index (χ1v) is 3.24. The van der Waals surface area contributed by atoms with E-state index in [1.54, 1.807) is 0 Å². The van der Waals surface area contributed by atoms with Crippen LogP contribution in [0.3, 0.4) is 0 Å². The minimum Gasteiger partial charge on any atom is -0.465 e. The molecule has 11 heavy (non-hydrogen) atoms. The maximum Gasteiger partial charge on any atom is 0.407 e. The second-order valence-electron chi connectivity index (χ2n) is 2.42. The van der Waals surface area contributed by atoms with Crippen LogP contribution in [0.2, 0.25) is 0 Å². The Bertz CT molecular complexity index is 185. The Morgan fingerprint density at radius 3 is 2.45 bits per heavy atom. The standard InChI is InChI=1S/C6H9NO4/c1-4(8)11-5-2-7(3-5)6(9)10/h5H,2-3H2,1H3,(H,9,10). The molecular weight excluding hydrogens is 150 g/mol. The van der Waals surface area contributed by atoms with Gasteiger partial charge < -0.3 is 14.7 Å². The smallest absolute Gasteiger partial charge is 0.407 e. The largest absolute Gasteiger partial charge is 0.465 e. The predicted octanol–water partition coefficient (Wildman–Crippen LogP) is -0.0883. The Morgan fingerprint density at radius 2 is 2.09 bits per heavy atom. The van der Waals surface area contributed by atoms with Gasteiger partial charge in [-0.1, -0.05) is 0 Å². The SMILES string of the molecule is CC(=O)OC1CN(C(=O)O)C1. The minimum atomic E-state index is -0.964. The summed E-state index contributed by atoms with van der Waals surface area (Å²) in [7, 11) is 0. The Balaban J connectivity index is 2.19. The van der Waals surface area contributed by atoms with Crippen molar-refractivity contribution in [1.29, 1.82) is 0 Å². The van der Waals surface area contributed by atoms with Crippen molar-refractivity contribution in [2.45, 2.75) is 13.0 Å². The van der Waals surface area contributed by atoms with Crippen molar-refractivity contribution in [3.05, 3.63) is 0 Å². The fourth-order valence-corrected chi connectivity index (χ4v) is 0.904. The lowest BCUT2D eigenvalue weighted by Gasteiger charge is -2.35. The number of carbonyl (C=O) groups is 2. The lowest BCUT2D eigenvalue weighted by Crippen LogP contribution is -2.54. The number of carbonyl (C=O) groups excluding carboxylic acids is 1.